The molecule has 2 aliphatic carbocycles. The van der Waals surface area contributed by atoms with Crippen molar-refractivity contribution in [3.8, 4) is 22.3 Å². The lowest BCUT2D eigenvalue weighted by molar-refractivity contribution is 0.438. The SMILES string of the molecule is c1ccc(N(c2ccccc2)c2cc3c(c4ccccc24)-c2c(ccc4ccccc24)C3(c2ccccc2)C2(c3ccccc3)c3ccc4ccccc4c3-c3c2cc(N(c2ccccc2)c2ccccc2)c2ccccc32)cc1. The molecule has 0 amide bonds. The summed E-state index contributed by atoms with van der Waals surface area (Å²) in [5, 5.41) is 9.70. The largest absolute Gasteiger partial charge is 0.310 e. The third-order valence-electron chi connectivity index (χ3n) is 17.5. The Morgan fingerprint density at radius 1 is 0.200 bits per heavy atom. The maximum Gasteiger partial charge on any atom is 0.0642 e. The van der Waals surface area contributed by atoms with Crippen LogP contribution in [0.5, 0.6) is 0 Å². The number of nitrogens with zero attached hydrogens (tertiary/aromatic N) is 2. The molecule has 14 aromatic rings. The van der Waals surface area contributed by atoms with Gasteiger partial charge in [0.05, 0.1) is 22.2 Å². The molecular formula is C78H52N2. The van der Waals surface area contributed by atoms with Gasteiger partial charge in [0, 0.05) is 33.5 Å². The molecule has 2 aliphatic rings. The van der Waals surface area contributed by atoms with Crippen molar-refractivity contribution in [1.29, 1.82) is 0 Å². The van der Waals surface area contributed by atoms with E-state index in [1.54, 1.807) is 0 Å². The number of rotatable bonds is 9. The number of hydrogen-bond acceptors (Lipinski definition) is 2. The smallest absolute Gasteiger partial charge is 0.0642 e. The highest BCUT2D eigenvalue weighted by molar-refractivity contribution is 6.19. The van der Waals surface area contributed by atoms with E-state index in [1.807, 2.05) is 0 Å². The van der Waals surface area contributed by atoms with Crippen LogP contribution >= 0.6 is 0 Å². The molecular weight excluding hydrogens is 965 g/mol. The lowest BCUT2D eigenvalue weighted by Crippen LogP contribution is -2.50. The van der Waals surface area contributed by atoms with Crippen LogP contribution in [0.4, 0.5) is 34.1 Å². The van der Waals surface area contributed by atoms with E-state index in [9.17, 15) is 0 Å². The fourth-order valence-electron chi connectivity index (χ4n) is 14.6. The zero-order valence-corrected chi connectivity index (χ0v) is 43.9. The van der Waals surface area contributed by atoms with Gasteiger partial charge in [0.2, 0.25) is 0 Å². The monoisotopic (exact) mass is 1020 g/mol. The zero-order valence-electron chi connectivity index (χ0n) is 43.9. The van der Waals surface area contributed by atoms with Gasteiger partial charge in [-0.25, -0.2) is 0 Å². The fraction of sp³-hybridized carbons (Fsp3) is 0.0256. The molecule has 0 aliphatic heterocycles. The third-order valence-corrected chi connectivity index (χ3v) is 17.5. The van der Waals surface area contributed by atoms with Gasteiger partial charge in [-0.1, -0.05) is 255 Å². The van der Waals surface area contributed by atoms with Crippen molar-refractivity contribution in [2.75, 3.05) is 9.80 Å². The topological polar surface area (TPSA) is 6.48 Å². The first kappa shape index (κ1) is 45.9. The third kappa shape index (κ3) is 6.42. The molecule has 2 unspecified atom stereocenters. The van der Waals surface area contributed by atoms with Crippen LogP contribution in [0.1, 0.15) is 33.4 Å². The lowest BCUT2D eigenvalue weighted by atomic mass is 9.49. The van der Waals surface area contributed by atoms with Gasteiger partial charge in [-0.15, -0.1) is 0 Å². The van der Waals surface area contributed by atoms with Crippen LogP contribution in [0.15, 0.2) is 315 Å². The Morgan fingerprint density at radius 2 is 0.463 bits per heavy atom. The molecule has 0 bridgehead atoms. The van der Waals surface area contributed by atoms with Crippen molar-refractivity contribution in [3.63, 3.8) is 0 Å². The number of hydrogen-bond donors (Lipinski definition) is 0. The highest BCUT2D eigenvalue weighted by Gasteiger charge is 2.65. The summed E-state index contributed by atoms with van der Waals surface area (Å²) in [5.41, 5.74) is 17.3. The van der Waals surface area contributed by atoms with Crippen LogP contribution in [-0.2, 0) is 10.8 Å². The fourth-order valence-corrected chi connectivity index (χ4v) is 14.6. The molecule has 2 atom stereocenters. The molecule has 0 aromatic heterocycles. The van der Waals surface area contributed by atoms with Crippen LogP contribution < -0.4 is 9.80 Å². The predicted molar refractivity (Wildman–Crippen MR) is 336 cm³/mol. The van der Waals surface area contributed by atoms with E-state index in [4.69, 9.17) is 0 Å². The molecule has 0 saturated heterocycles. The van der Waals surface area contributed by atoms with Crippen LogP contribution in [0.3, 0.4) is 0 Å². The lowest BCUT2D eigenvalue weighted by Gasteiger charge is -2.51. The first-order valence-corrected chi connectivity index (χ1v) is 27.8. The van der Waals surface area contributed by atoms with Crippen LogP contribution in [0, 0.1) is 0 Å². The van der Waals surface area contributed by atoms with E-state index < -0.39 is 10.8 Å². The summed E-state index contributed by atoms with van der Waals surface area (Å²) >= 11 is 0. The number of fused-ring (bicyclic) bond motifs is 14. The van der Waals surface area contributed by atoms with E-state index >= 15 is 0 Å². The molecule has 0 saturated carbocycles. The van der Waals surface area contributed by atoms with Gasteiger partial charge in [-0.05, 0) is 149 Å². The first-order chi connectivity index (χ1) is 39.7. The van der Waals surface area contributed by atoms with Gasteiger partial charge in [0.15, 0.2) is 0 Å². The molecule has 0 heterocycles. The molecule has 0 N–H and O–H groups in total. The van der Waals surface area contributed by atoms with E-state index in [1.165, 1.54) is 98.7 Å². The van der Waals surface area contributed by atoms with Gasteiger partial charge >= 0.3 is 0 Å². The van der Waals surface area contributed by atoms with Gasteiger partial charge in [-0.2, -0.15) is 0 Å². The highest BCUT2D eigenvalue weighted by Crippen LogP contribution is 2.73. The summed E-state index contributed by atoms with van der Waals surface area (Å²) in [7, 11) is 0. The zero-order chi connectivity index (χ0) is 52.8. The van der Waals surface area contributed by atoms with Crippen LogP contribution in [0.2, 0.25) is 0 Å². The molecule has 14 aromatic carbocycles. The Labute approximate surface area is 466 Å². The summed E-state index contributed by atoms with van der Waals surface area (Å²) in [4.78, 5) is 4.98. The Hall–Kier alpha value is -10.3. The number of para-hydroxylation sites is 4. The van der Waals surface area contributed by atoms with Crippen LogP contribution in [-0.4, -0.2) is 0 Å². The van der Waals surface area contributed by atoms with E-state index in [2.05, 4.69) is 325 Å². The average Bonchev–Trinajstić information content (AvgIpc) is 4.18. The molecule has 0 radical (unpaired) electrons. The molecule has 2 nitrogen and oxygen atoms in total. The van der Waals surface area contributed by atoms with Gasteiger partial charge in [-0.3, -0.25) is 0 Å². The van der Waals surface area contributed by atoms with Crippen molar-refractivity contribution < 1.29 is 0 Å². The average molecular weight is 1020 g/mol. The highest BCUT2D eigenvalue weighted by atomic mass is 15.1. The van der Waals surface area contributed by atoms with Crippen molar-refractivity contribution in [2.45, 2.75) is 10.8 Å². The normalized spacial score (nSPS) is 15.8. The first-order valence-electron chi connectivity index (χ1n) is 27.8. The Morgan fingerprint density at radius 3 is 0.800 bits per heavy atom. The van der Waals surface area contributed by atoms with Crippen molar-refractivity contribution >= 4 is 77.2 Å². The summed E-state index contributed by atoms with van der Waals surface area (Å²) in [6, 6.07) is 119. The van der Waals surface area contributed by atoms with Crippen molar-refractivity contribution in [1.82, 2.24) is 0 Å². The minimum atomic E-state index is -0.950. The molecule has 16 rings (SSSR count). The predicted octanol–water partition coefficient (Wildman–Crippen LogP) is 20.6. The number of benzene rings is 14. The van der Waals surface area contributed by atoms with Crippen molar-refractivity contribution in [2.24, 2.45) is 0 Å². The van der Waals surface area contributed by atoms with E-state index in [-0.39, 0.29) is 0 Å². The molecule has 80 heavy (non-hydrogen) atoms. The molecule has 0 spiro atoms. The Balaban J connectivity index is 1.18. The van der Waals surface area contributed by atoms with Gasteiger partial charge in [0.25, 0.3) is 0 Å². The van der Waals surface area contributed by atoms with E-state index in [0.717, 1.165) is 34.1 Å². The molecule has 374 valence electrons. The Bertz CT molecular complexity index is 4310. The maximum atomic E-state index is 2.62. The summed E-state index contributed by atoms with van der Waals surface area (Å²) in [6.45, 7) is 0. The van der Waals surface area contributed by atoms with Crippen molar-refractivity contribution in [3.05, 3.63) is 349 Å². The number of anilines is 6. The standard InChI is InChI=1S/C78H52N2/c1-7-29-55(30-8-1)77(67-49-47-53-27-19-21-41-61(53)73(67)75-65-45-25-23-43-63(65)71(51-69(75)77)79(57-33-11-3-12-34-57)58-35-13-4-14-36-58)78(56-31-9-2-10-32-56)68-50-48-54-28-20-22-42-62(54)74(68)76-66-46-26-24-44-64(66)72(52-70(76)78)80(59-37-15-5-16-38-59)60-39-17-6-18-40-60/h1-52H. The van der Waals surface area contributed by atoms with Crippen LogP contribution in [0.25, 0.3) is 65.3 Å². The Kier molecular flexibility index (Phi) is 10.4. The molecule has 2 heteroatoms. The summed E-state index contributed by atoms with van der Waals surface area (Å²) in [6.07, 6.45) is 0. The maximum absolute atomic E-state index is 2.62. The minimum absolute atomic E-state index is 0.950. The second kappa shape index (κ2) is 18.2. The van der Waals surface area contributed by atoms with E-state index in [0.29, 0.717) is 0 Å². The minimum Gasteiger partial charge on any atom is -0.310 e. The van der Waals surface area contributed by atoms with Gasteiger partial charge in [0.1, 0.15) is 0 Å². The quantitative estimate of drug-likeness (QED) is 0.142. The summed E-state index contributed by atoms with van der Waals surface area (Å²) in [5.74, 6) is 0. The molecule has 0 fully saturated rings. The second-order valence-electron chi connectivity index (χ2n) is 21.4. The summed E-state index contributed by atoms with van der Waals surface area (Å²) < 4.78 is 0. The second-order valence-corrected chi connectivity index (χ2v) is 21.4. The van der Waals surface area contributed by atoms with Gasteiger partial charge < -0.3 is 9.80 Å².